The number of carbonyl (C=O) groups is 2. The molecular weight excluding hydrogens is 196 g/mol. The summed E-state index contributed by atoms with van der Waals surface area (Å²) in [6.07, 6.45) is 3.49. The molecule has 1 aromatic rings. The number of hydrogen-bond acceptors (Lipinski definition) is 3. The molecule has 1 saturated carbocycles. The van der Waals surface area contributed by atoms with Gasteiger partial charge in [-0.1, -0.05) is 6.07 Å². The molecule has 0 atom stereocenters. The SMILES string of the molecule is NC(=O)C1CC1.O=C(O)c1ccccn1. The van der Waals surface area contributed by atoms with Crippen molar-refractivity contribution in [2.24, 2.45) is 11.7 Å². The summed E-state index contributed by atoms with van der Waals surface area (Å²) < 4.78 is 0. The molecule has 2 rings (SSSR count). The number of aromatic nitrogens is 1. The number of rotatable bonds is 2. The minimum absolute atomic E-state index is 0.0810. The summed E-state index contributed by atoms with van der Waals surface area (Å²) in [6.45, 7) is 0. The van der Waals surface area contributed by atoms with E-state index in [0.717, 1.165) is 12.8 Å². The van der Waals surface area contributed by atoms with Crippen LogP contribution in [-0.4, -0.2) is 22.0 Å². The molecule has 1 amide bonds. The van der Waals surface area contributed by atoms with Crippen LogP contribution in [0.1, 0.15) is 23.3 Å². The van der Waals surface area contributed by atoms with Gasteiger partial charge in [0.2, 0.25) is 5.91 Å². The molecule has 0 aromatic carbocycles. The Balaban J connectivity index is 0.000000162. The molecule has 1 aromatic heterocycles. The highest BCUT2D eigenvalue weighted by atomic mass is 16.4. The predicted molar refractivity (Wildman–Crippen MR) is 53.1 cm³/mol. The predicted octanol–water partition coefficient (Wildman–Crippen LogP) is 0.661. The van der Waals surface area contributed by atoms with Crippen molar-refractivity contribution in [3.05, 3.63) is 30.1 Å². The molecule has 1 heterocycles. The van der Waals surface area contributed by atoms with E-state index >= 15 is 0 Å². The van der Waals surface area contributed by atoms with Crippen molar-refractivity contribution in [3.63, 3.8) is 0 Å². The monoisotopic (exact) mass is 208 g/mol. The third kappa shape index (κ3) is 4.21. The molecule has 1 aliphatic carbocycles. The summed E-state index contributed by atoms with van der Waals surface area (Å²) in [5, 5.41) is 8.32. The molecule has 0 radical (unpaired) electrons. The third-order valence-corrected chi connectivity index (χ3v) is 1.86. The van der Waals surface area contributed by atoms with E-state index in [-0.39, 0.29) is 17.5 Å². The Morgan fingerprint density at radius 1 is 1.40 bits per heavy atom. The molecule has 0 unspecified atom stereocenters. The van der Waals surface area contributed by atoms with Gasteiger partial charge in [0.1, 0.15) is 5.69 Å². The molecule has 5 nitrogen and oxygen atoms in total. The van der Waals surface area contributed by atoms with Crippen LogP contribution in [0, 0.1) is 5.92 Å². The minimum Gasteiger partial charge on any atom is -0.477 e. The molecule has 15 heavy (non-hydrogen) atoms. The summed E-state index contributed by atoms with van der Waals surface area (Å²) in [5.41, 5.74) is 4.94. The fraction of sp³-hybridized carbons (Fsp3) is 0.300. The zero-order valence-corrected chi connectivity index (χ0v) is 8.09. The summed E-state index contributed by atoms with van der Waals surface area (Å²) in [4.78, 5) is 23.7. The smallest absolute Gasteiger partial charge is 0.354 e. The lowest BCUT2D eigenvalue weighted by molar-refractivity contribution is -0.119. The minimum atomic E-state index is -0.990. The van der Waals surface area contributed by atoms with Crippen LogP contribution in [0.2, 0.25) is 0 Å². The van der Waals surface area contributed by atoms with E-state index in [0.29, 0.717) is 0 Å². The van der Waals surface area contributed by atoms with Crippen LogP contribution in [0.4, 0.5) is 0 Å². The summed E-state index contributed by atoms with van der Waals surface area (Å²) >= 11 is 0. The number of carbonyl (C=O) groups excluding carboxylic acids is 1. The van der Waals surface area contributed by atoms with Gasteiger partial charge in [-0.2, -0.15) is 0 Å². The van der Waals surface area contributed by atoms with Crippen LogP contribution in [0.25, 0.3) is 0 Å². The maximum absolute atomic E-state index is 10.1. The molecule has 0 saturated heterocycles. The van der Waals surface area contributed by atoms with Gasteiger partial charge in [0.15, 0.2) is 0 Å². The first-order chi connectivity index (χ1) is 7.11. The fourth-order valence-electron chi connectivity index (χ4n) is 0.857. The molecule has 0 aliphatic heterocycles. The van der Waals surface area contributed by atoms with E-state index in [1.807, 2.05) is 0 Å². The van der Waals surface area contributed by atoms with Gasteiger partial charge >= 0.3 is 5.97 Å². The first-order valence-corrected chi connectivity index (χ1v) is 4.55. The highest BCUT2D eigenvalue weighted by molar-refractivity contribution is 5.85. The van der Waals surface area contributed by atoms with E-state index in [9.17, 15) is 9.59 Å². The Hall–Kier alpha value is -1.91. The lowest BCUT2D eigenvalue weighted by atomic mass is 10.4. The van der Waals surface area contributed by atoms with Crippen LogP contribution in [0.3, 0.4) is 0 Å². The van der Waals surface area contributed by atoms with Crippen molar-refractivity contribution >= 4 is 11.9 Å². The number of carboxylic acids is 1. The van der Waals surface area contributed by atoms with Crippen LogP contribution in [0.15, 0.2) is 24.4 Å². The van der Waals surface area contributed by atoms with Gasteiger partial charge in [-0.15, -0.1) is 0 Å². The van der Waals surface area contributed by atoms with Crippen molar-refractivity contribution in [1.82, 2.24) is 4.98 Å². The van der Waals surface area contributed by atoms with E-state index in [2.05, 4.69) is 4.98 Å². The number of nitrogens with two attached hydrogens (primary N) is 1. The second-order valence-corrected chi connectivity index (χ2v) is 3.20. The summed E-state index contributed by atoms with van der Waals surface area (Å²) in [5.74, 6) is -0.879. The Labute approximate surface area is 86.9 Å². The average Bonchev–Trinajstić information content (AvgIpc) is 3.03. The average molecular weight is 208 g/mol. The number of nitrogens with zero attached hydrogens (tertiary/aromatic N) is 1. The quantitative estimate of drug-likeness (QED) is 0.746. The second-order valence-electron chi connectivity index (χ2n) is 3.20. The molecule has 5 heteroatoms. The van der Waals surface area contributed by atoms with Gasteiger partial charge in [0, 0.05) is 12.1 Å². The number of carboxylic acid groups (broad SMARTS) is 1. The summed E-state index contributed by atoms with van der Waals surface area (Å²) in [7, 11) is 0. The van der Waals surface area contributed by atoms with Gasteiger partial charge in [0.05, 0.1) is 0 Å². The topological polar surface area (TPSA) is 93.3 Å². The van der Waals surface area contributed by atoms with Crippen molar-refractivity contribution in [2.75, 3.05) is 0 Å². The Kier molecular flexibility index (Phi) is 3.79. The Morgan fingerprint density at radius 2 is 2.07 bits per heavy atom. The van der Waals surface area contributed by atoms with Crippen LogP contribution >= 0.6 is 0 Å². The van der Waals surface area contributed by atoms with E-state index in [1.165, 1.54) is 12.3 Å². The second kappa shape index (κ2) is 5.09. The number of hydrogen-bond donors (Lipinski definition) is 2. The Morgan fingerprint density at radius 3 is 2.27 bits per heavy atom. The Bertz CT molecular complexity index is 347. The van der Waals surface area contributed by atoms with Gasteiger partial charge < -0.3 is 10.8 Å². The van der Waals surface area contributed by atoms with Crippen LogP contribution in [-0.2, 0) is 4.79 Å². The number of amides is 1. The largest absolute Gasteiger partial charge is 0.477 e. The molecule has 80 valence electrons. The van der Waals surface area contributed by atoms with Crippen molar-refractivity contribution in [2.45, 2.75) is 12.8 Å². The van der Waals surface area contributed by atoms with Crippen LogP contribution < -0.4 is 5.73 Å². The summed E-state index contributed by atoms with van der Waals surface area (Å²) in [6, 6.07) is 4.76. The molecule has 1 aliphatic rings. The van der Waals surface area contributed by atoms with Crippen LogP contribution in [0.5, 0.6) is 0 Å². The molecule has 3 N–H and O–H groups in total. The number of pyridine rings is 1. The van der Waals surface area contributed by atoms with Crippen molar-refractivity contribution in [3.8, 4) is 0 Å². The zero-order valence-electron chi connectivity index (χ0n) is 8.09. The van der Waals surface area contributed by atoms with E-state index in [4.69, 9.17) is 10.8 Å². The van der Waals surface area contributed by atoms with Gasteiger partial charge in [-0.3, -0.25) is 4.79 Å². The van der Waals surface area contributed by atoms with Gasteiger partial charge in [-0.25, -0.2) is 9.78 Å². The van der Waals surface area contributed by atoms with E-state index < -0.39 is 5.97 Å². The first kappa shape index (κ1) is 11.2. The van der Waals surface area contributed by atoms with Crippen molar-refractivity contribution in [1.29, 1.82) is 0 Å². The zero-order chi connectivity index (χ0) is 11.3. The number of primary amides is 1. The highest BCUT2D eigenvalue weighted by Gasteiger charge is 2.26. The molecule has 0 spiro atoms. The fourth-order valence-corrected chi connectivity index (χ4v) is 0.857. The molecular formula is C10H12N2O3. The highest BCUT2D eigenvalue weighted by Crippen LogP contribution is 2.27. The standard InChI is InChI=1S/C6H5NO2.C4H7NO/c8-6(9)5-3-1-2-4-7-5;5-4(6)3-1-2-3/h1-4H,(H,8,9);3H,1-2H2,(H2,5,6). The maximum Gasteiger partial charge on any atom is 0.354 e. The normalized spacial score (nSPS) is 13.6. The third-order valence-electron chi connectivity index (χ3n) is 1.86. The lowest BCUT2D eigenvalue weighted by Crippen LogP contribution is -2.11. The van der Waals surface area contributed by atoms with Crippen molar-refractivity contribution < 1.29 is 14.7 Å². The van der Waals surface area contributed by atoms with Gasteiger partial charge in [-0.05, 0) is 25.0 Å². The maximum atomic E-state index is 10.1. The number of aromatic carboxylic acids is 1. The molecule has 1 fully saturated rings. The lowest BCUT2D eigenvalue weighted by Gasteiger charge is -1.87. The molecule has 0 bridgehead atoms. The van der Waals surface area contributed by atoms with E-state index in [1.54, 1.807) is 12.1 Å². The van der Waals surface area contributed by atoms with Gasteiger partial charge in [0.25, 0.3) is 0 Å². The first-order valence-electron chi connectivity index (χ1n) is 4.55.